The maximum Gasteiger partial charge on any atom is 0.320 e. The number of hydrogen-bond acceptors (Lipinski definition) is 5. The Hall–Kier alpha value is -3.62. The van der Waals surface area contributed by atoms with E-state index in [1.165, 1.54) is 4.90 Å². The molecule has 0 aliphatic heterocycles. The van der Waals surface area contributed by atoms with Crippen LogP contribution in [0.4, 0.5) is 16.4 Å². The molecule has 0 spiro atoms. The van der Waals surface area contributed by atoms with Gasteiger partial charge in [-0.3, -0.25) is 15.2 Å². The van der Waals surface area contributed by atoms with Crippen LogP contribution < -0.4 is 16.0 Å². The van der Waals surface area contributed by atoms with E-state index >= 15 is 0 Å². The first kappa shape index (κ1) is 19.2. The van der Waals surface area contributed by atoms with Crippen molar-refractivity contribution in [2.24, 2.45) is 0 Å². The fraction of sp³-hybridized carbons (Fsp3) is 0.263. The highest BCUT2D eigenvalue weighted by Gasteiger charge is 2.12. The Balaban J connectivity index is 1.63. The normalized spacial score (nSPS) is 11.7. The second kappa shape index (κ2) is 8.38. The Bertz CT molecular complexity index is 969. The molecule has 9 nitrogen and oxygen atoms in total. The third kappa shape index (κ3) is 4.56. The van der Waals surface area contributed by atoms with Gasteiger partial charge in [-0.1, -0.05) is 30.3 Å². The molecule has 3 rings (SSSR count). The number of carbonyl (C=O) groups excluding carboxylic acids is 2. The number of amides is 3. The first-order chi connectivity index (χ1) is 13.4. The number of nitrogens with one attached hydrogen (secondary N) is 4. The summed E-state index contributed by atoms with van der Waals surface area (Å²) in [5.41, 5.74) is 1.71. The lowest BCUT2D eigenvalue weighted by molar-refractivity contribution is -0.126. The Kier molecular flexibility index (Phi) is 5.73. The smallest absolute Gasteiger partial charge is 0.320 e. The number of fused-ring (bicyclic) bond motifs is 1. The van der Waals surface area contributed by atoms with E-state index in [9.17, 15) is 9.59 Å². The molecule has 1 unspecified atom stereocenters. The van der Waals surface area contributed by atoms with Gasteiger partial charge in [-0.05, 0) is 12.5 Å². The molecule has 0 aliphatic carbocycles. The second-order valence-electron chi connectivity index (χ2n) is 6.56. The number of rotatable bonds is 6. The predicted octanol–water partition coefficient (Wildman–Crippen LogP) is 2.34. The molecule has 4 N–H and O–H groups in total. The molecule has 1 aromatic carbocycles. The van der Waals surface area contributed by atoms with Gasteiger partial charge in [-0.2, -0.15) is 5.10 Å². The van der Waals surface area contributed by atoms with Crippen LogP contribution in [0.1, 0.15) is 18.5 Å². The van der Waals surface area contributed by atoms with E-state index < -0.39 is 0 Å². The van der Waals surface area contributed by atoms with Crippen LogP contribution in [0.2, 0.25) is 0 Å². The van der Waals surface area contributed by atoms with Crippen LogP contribution in [0.5, 0.6) is 0 Å². The van der Waals surface area contributed by atoms with Gasteiger partial charge < -0.3 is 15.5 Å². The molecule has 0 saturated carbocycles. The number of H-pyrrole nitrogens is 1. The number of aromatic amines is 1. The van der Waals surface area contributed by atoms with E-state index in [-0.39, 0.29) is 24.5 Å². The number of benzene rings is 1. The van der Waals surface area contributed by atoms with E-state index in [0.29, 0.717) is 17.2 Å². The molecule has 9 heteroatoms. The summed E-state index contributed by atoms with van der Waals surface area (Å²) in [5.74, 6) is 0.864. The molecular formula is C19H23N7O2. The predicted molar refractivity (Wildman–Crippen MR) is 108 cm³/mol. The molecule has 2 aromatic heterocycles. The summed E-state index contributed by atoms with van der Waals surface area (Å²) >= 11 is 0. The number of aromatic nitrogens is 3. The third-order valence-electron chi connectivity index (χ3n) is 4.24. The van der Waals surface area contributed by atoms with E-state index in [4.69, 9.17) is 0 Å². The Morgan fingerprint density at radius 1 is 1.21 bits per heavy atom. The highest BCUT2D eigenvalue weighted by atomic mass is 16.2. The number of carbonyl (C=O) groups is 2. The van der Waals surface area contributed by atoms with Gasteiger partial charge in [-0.15, -0.1) is 0 Å². The summed E-state index contributed by atoms with van der Waals surface area (Å²) in [7, 11) is 3.38. The van der Waals surface area contributed by atoms with Gasteiger partial charge in [0.1, 0.15) is 5.82 Å². The molecule has 0 fully saturated rings. The first-order valence-electron chi connectivity index (χ1n) is 8.84. The maximum atomic E-state index is 12.2. The van der Waals surface area contributed by atoms with Gasteiger partial charge in [0.15, 0.2) is 5.82 Å². The SMILES string of the molecule is CC(NC(=O)Nc1cc2[nH]nc(NCC(=O)N(C)C)c2cn1)c1ccccc1. The van der Waals surface area contributed by atoms with Gasteiger partial charge in [0.2, 0.25) is 5.91 Å². The summed E-state index contributed by atoms with van der Waals surface area (Å²) in [6.07, 6.45) is 1.59. The minimum atomic E-state index is -0.349. The molecule has 3 amide bonds. The van der Waals surface area contributed by atoms with Crippen molar-refractivity contribution in [3.05, 3.63) is 48.2 Å². The topological polar surface area (TPSA) is 115 Å². The van der Waals surface area contributed by atoms with Crippen LogP contribution in [-0.4, -0.2) is 52.7 Å². The lowest BCUT2D eigenvalue weighted by Crippen LogP contribution is -2.31. The first-order valence-corrected chi connectivity index (χ1v) is 8.84. The van der Waals surface area contributed by atoms with Gasteiger partial charge in [0.25, 0.3) is 0 Å². The largest absolute Gasteiger partial charge is 0.359 e. The highest BCUT2D eigenvalue weighted by Crippen LogP contribution is 2.21. The molecule has 0 saturated heterocycles. The minimum Gasteiger partial charge on any atom is -0.359 e. The number of nitrogens with zero attached hydrogens (tertiary/aromatic N) is 3. The molecule has 3 aromatic rings. The Labute approximate surface area is 162 Å². The van der Waals surface area contributed by atoms with Gasteiger partial charge in [0, 0.05) is 26.4 Å². The maximum absolute atomic E-state index is 12.2. The van der Waals surface area contributed by atoms with Crippen molar-refractivity contribution in [2.75, 3.05) is 31.3 Å². The average molecular weight is 381 g/mol. The number of hydrogen-bond donors (Lipinski definition) is 4. The number of anilines is 2. The molecule has 0 aliphatic rings. The summed E-state index contributed by atoms with van der Waals surface area (Å²) in [6, 6.07) is 10.9. The van der Waals surface area contributed by atoms with Crippen LogP contribution in [-0.2, 0) is 4.79 Å². The number of pyridine rings is 1. The van der Waals surface area contributed by atoms with Crippen LogP contribution in [0.25, 0.3) is 10.9 Å². The average Bonchev–Trinajstić information content (AvgIpc) is 3.08. The van der Waals surface area contributed by atoms with Crippen molar-refractivity contribution >= 4 is 34.5 Å². The highest BCUT2D eigenvalue weighted by molar-refractivity contribution is 5.95. The summed E-state index contributed by atoms with van der Waals surface area (Å²) in [6.45, 7) is 2.04. The van der Waals surface area contributed by atoms with Crippen LogP contribution in [0.15, 0.2) is 42.6 Å². The summed E-state index contributed by atoms with van der Waals surface area (Å²) in [4.78, 5) is 29.7. The Morgan fingerprint density at radius 2 is 1.96 bits per heavy atom. The van der Waals surface area contributed by atoms with Crippen LogP contribution in [0.3, 0.4) is 0 Å². The molecular weight excluding hydrogens is 358 g/mol. The van der Waals surface area contributed by atoms with Crippen molar-refractivity contribution < 1.29 is 9.59 Å². The molecule has 2 heterocycles. The zero-order valence-electron chi connectivity index (χ0n) is 16.0. The van der Waals surface area contributed by atoms with Crippen molar-refractivity contribution in [3.8, 4) is 0 Å². The molecule has 0 bridgehead atoms. The monoisotopic (exact) mass is 381 g/mol. The summed E-state index contributed by atoms with van der Waals surface area (Å²) < 4.78 is 0. The van der Waals surface area contributed by atoms with Crippen LogP contribution >= 0.6 is 0 Å². The van der Waals surface area contributed by atoms with Crippen molar-refractivity contribution in [1.82, 2.24) is 25.4 Å². The number of urea groups is 1. The van der Waals surface area contributed by atoms with Crippen molar-refractivity contribution in [1.29, 1.82) is 0 Å². The minimum absolute atomic E-state index is 0.0633. The van der Waals surface area contributed by atoms with E-state index in [2.05, 4.69) is 31.1 Å². The lowest BCUT2D eigenvalue weighted by Gasteiger charge is -2.14. The van der Waals surface area contributed by atoms with Crippen LogP contribution in [0, 0.1) is 0 Å². The zero-order valence-corrected chi connectivity index (χ0v) is 16.0. The molecule has 1 atom stereocenters. The van der Waals surface area contributed by atoms with E-state index in [1.54, 1.807) is 26.4 Å². The summed E-state index contributed by atoms with van der Waals surface area (Å²) in [5, 5.41) is 16.3. The standard InChI is InChI=1S/C19H23N7O2/c1-12(13-7-5-4-6-8-13)22-19(28)23-16-9-15-14(10-20-16)18(25-24-15)21-11-17(27)26(2)3/h4-10,12H,11H2,1-3H3,(H2,21,24,25)(H2,20,22,23,28). The van der Waals surface area contributed by atoms with Crippen molar-refractivity contribution in [3.63, 3.8) is 0 Å². The Morgan fingerprint density at radius 3 is 2.68 bits per heavy atom. The van der Waals surface area contributed by atoms with Gasteiger partial charge in [-0.25, -0.2) is 9.78 Å². The fourth-order valence-corrected chi connectivity index (χ4v) is 2.61. The molecule has 28 heavy (non-hydrogen) atoms. The van der Waals surface area contributed by atoms with Gasteiger partial charge in [0.05, 0.1) is 23.5 Å². The number of likely N-dealkylation sites (N-methyl/N-ethyl adjacent to an activating group) is 1. The van der Waals surface area contributed by atoms with E-state index in [1.807, 2.05) is 37.3 Å². The lowest BCUT2D eigenvalue weighted by atomic mass is 10.1. The quantitative estimate of drug-likeness (QED) is 0.523. The second-order valence-corrected chi connectivity index (χ2v) is 6.56. The zero-order chi connectivity index (χ0) is 20.1. The van der Waals surface area contributed by atoms with Crippen molar-refractivity contribution in [2.45, 2.75) is 13.0 Å². The molecule has 0 radical (unpaired) electrons. The third-order valence-corrected chi connectivity index (χ3v) is 4.24. The molecule has 146 valence electrons. The van der Waals surface area contributed by atoms with E-state index in [0.717, 1.165) is 10.9 Å². The fourth-order valence-electron chi connectivity index (χ4n) is 2.61. The van der Waals surface area contributed by atoms with Gasteiger partial charge >= 0.3 is 6.03 Å².